The van der Waals surface area contributed by atoms with E-state index in [1.54, 1.807) is 6.07 Å². The summed E-state index contributed by atoms with van der Waals surface area (Å²) in [6.07, 6.45) is 0.938. The predicted octanol–water partition coefficient (Wildman–Crippen LogP) is 1.86. The van der Waals surface area contributed by atoms with Crippen LogP contribution >= 0.6 is 0 Å². The Bertz CT molecular complexity index is 296. The zero-order valence-corrected chi connectivity index (χ0v) is 7.10. The summed E-state index contributed by atoms with van der Waals surface area (Å²) in [5.41, 5.74) is 2.38. The lowest BCUT2D eigenvalue weighted by atomic mass is 9.97. The van der Waals surface area contributed by atoms with Gasteiger partial charge in [-0.1, -0.05) is 6.07 Å². The van der Waals surface area contributed by atoms with Gasteiger partial charge in [0.25, 0.3) is 0 Å². The van der Waals surface area contributed by atoms with Crippen LogP contribution in [0.5, 0.6) is 0 Å². The molecule has 1 atom stereocenters. The van der Waals surface area contributed by atoms with E-state index < -0.39 is 0 Å². The van der Waals surface area contributed by atoms with Crippen LogP contribution in [0.4, 0.5) is 4.39 Å². The molecule has 1 aliphatic rings. The van der Waals surface area contributed by atoms with Crippen molar-refractivity contribution < 1.29 is 4.39 Å². The quantitative estimate of drug-likeness (QED) is 0.618. The van der Waals surface area contributed by atoms with Gasteiger partial charge < -0.3 is 5.32 Å². The summed E-state index contributed by atoms with van der Waals surface area (Å²) < 4.78 is 12.8. The number of hydrogen-bond donors (Lipinski definition) is 1. The van der Waals surface area contributed by atoms with Gasteiger partial charge in [-0.3, -0.25) is 0 Å². The second-order valence-electron chi connectivity index (χ2n) is 3.40. The molecule has 0 bridgehead atoms. The van der Waals surface area contributed by atoms with Crippen molar-refractivity contribution in [2.45, 2.75) is 25.9 Å². The van der Waals surface area contributed by atoms with Gasteiger partial charge in [-0.2, -0.15) is 0 Å². The first-order valence-corrected chi connectivity index (χ1v) is 4.26. The fraction of sp³-hybridized carbons (Fsp3) is 0.400. The second-order valence-corrected chi connectivity index (χ2v) is 3.40. The summed E-state index contributed by atoms with van der Waals surface area (Å²) >= 11 is 0. The Balaban J connectivity index is 2.37. The number of fused-ring (bicyclic) bond motifs is 1. The molecule has 0 spiro atoms. The molecule has 0 fully saturated rings. The molecule has 2 rings (SSSR count). The van der Waals surface area contributed by atoms with E-state index in [9.17, 15) is 4.39 Å². The second kappa shape index (κ2) is 2.87. The Morgan fingerprint density at radius 3 is 3.08 bits per heavy atom. The molecule has 1 aromatic rings. The number of nitrogens with one attached hydrogen (secondary N) is 1. The van der Waals surface area contributed by atoms with E-state index in [0.29, 0.717) is 6.04 Å². The van der Waals surface area contributed by atoms with Crippen molar-refractivity contribution in [3.63, 3.8) is 0 Å². The highest BCUT2D eigenvalue weighted by molar-refractivity contribution is 5.30. The third-order valence-electron chi connectivity index (χ3n) is 2.34. The molecule has 1 heterocycles. The molecular weight excluding hydrogens is 153 g/mol. The standard InChI is InChI=1S/C10H12FN/c1-7-4-9-5-10(11)3-2-8(9)6-12-7/h2-3,5,7,12H,4,6H2,1H3/t7-/m0/s1. The first-order valence-electron chi connectivity index (χ1n) is 4.26. The van der Waals surface area contributed by atoms with Crippen LogP contribution in [0, 0.1) is 5.82 Å². The van der Waals surface area contributed by atoms with Crippen molar-refractivity contribution in [1.82, 2.24) is 5.32 Å². The Kier molecular flexibility index (Phi) is 1.85. The van der Waals surface area contributed by atoms with Crippen molar-refractivity contribution in [2.75, 3.05) is 0 Å². The zero-order chi connectivity index (χ0) is 8.55. The molecule has 0 aromatic heterocycles. The maximum atomic E-state index is 12.8. The van der Waals surface area contributed by atoms with Crippen LogP contribution in [-0.2, 0) is 13.0 Å². The Labute approximate surface area is 71.6 Å². The van der Waals surface area contributed by atoms with Gasteiger partial charge in [0, 0.05) is 12.6 Å². The minimum atomic E-state index is -0.122. The third kappa shape index (κ3) is 1.34. The van der Waals surface area contributed by atoms with E-state index in [4.69, 9.17) is 0 Å². The molecule has 12 heavy (non-hydrogen) atoms. The SMILES string of the molecule is C[C@H]1Cc2cc(F)ccc2CN1. The molecule has 1 nitrogen and oxygen atoms in total. The monoisotopic (exact) mass is 165 g/mol. The van der Waals surface area contributed by atoms with Crippen molar-refractivity contribution in [3.05, 3.63) is 35.1 Å². The van der Waals surface area contributed by atoms with Gasteiger partial charge in [0.2, 0.25) is 0 Å². The lowest BCUT2D eigenvalue weighted by molar-refractivity contribution is 0.509. The average molecular weight is 165 g/mol. The number of benzene rings is 1. The van der Waals surface area contributed by atoms with Gasteiger partial charge in [0.15, 0.2) is 0 Å². The number of rotatable bonds is 0. The average Bonchev–Trinajstić information content (AvgIpc) is 2.03. The van der Waals surface area contributed by atoms with Crippen molar-refractivity contribution in [3.8, 4) is 0 Å². The molecule has 0 saturated carbocycles. The van der Waals surface area contributed by atoms with Crippen LogP contribution in [0.2, 0.25) is 0 Å². The Hall–Kier alpha value is -0.890. The minimum Gasteiger partial charge on any atom is -0.310 e. The summed E-state index contributed by atoms with van der Waals surface area (Å²) in [5.74, 6) is -0.122. The topological polar surface area (TPSA) is 12.0 Å². The van der Waals surface area contributed by atoms with Gasteiger partial charge in [0.05, 0.1) is 0 Å². The van der Waals surface area contributed by atoms with E-state index in [2.05, 4.69) is 12.2 Å². The summed E-state index contributed by atoms with van der Waals surface area (Å²) in [6, 6.07) is 5.51. The van der Waals surface area contributed by atoms with E-state index in [0.717, 1.165) is 18.5 Å². The van der Waals surface area contributed by atoms with E-state index in [1.165, 1.54) is 11.6 Å². The van der Waals surface area contributed by atoms with E-state index in [-0.39, 0.29) is 5.82 Å². The molecule has 0 unspecified atom stereocenters. The lowest BCUT2D eigenvalue weighted by Crippen LogP contribution is -2.32. The third-order valence-corrected chi connectivity index (χ3v) is 2.34. The highest BCUT2D eigenvalue weighted by Gasteiger charge is 2.13. The first kappa shape index (κ1) is 7.74. The molecule has 0 amide bonds. The molecule has 1 aromatic carbocycles. The Morgan fingerprint density at radius 2 is 2.25 bits per heavy atom. The van der Waals surface area contributed by atoms with Crippen LogP contribution in [0.15, 0.2) is 18.2 Å². The van der Waals surface area contributed by atoms with Crippen LogP contribution in [0.25, 0.3) is 0 Å². The highest BCUT2D eigenvalue weighted by atomic mass is 19.1. The zero-order valence-electron chi connectivity index (χ0n) is 7.10. The molecule has 1 N–H and O–H groups in total. The molecule has 0 aliphatic carbocycles. The number of hydrogen-bond acceptors (Lipinski definition) is 1. The largest absolute Gasteiger partial charge is 0.310 e. The maximum absolute atomic E-state index is 12.8. The fourth-order valence-electron chi connectivity index (χ4n) is 1.64. The predicted molar refractivity (Wildman–Crippen MR) is 46.4 cm³/mol. The lowest BCUT2D eigenvalue weighted by Gasteiger charge is -2.22. The molecular formula is C10H12FN. The minimum absolute atomic E-state index is 0.122. The van der Waals surface area contributed by atoms with Gasteiger partial charge in [-0.05, 0) is 36.6 Å². The summed E-state index contributed by atoms with van der Waals surface area (Å²) in [4.78, 5) is 0. The number of halogens is 1. The molecule has 2 heteroatoms. The van der Waals surface area contributed by atoms with Gasteiger partial charge >= 0.3 is 0 Å². The maximum Gasteiger partial charge on any atom is 0.123 e. The van der Waals surface area contributed by atoms with Crippen LogP contribution in [0.1, 0.15) is 18.1 Å². The smallest absolute Gasteiger partial charge is 0.123 e. The van der Waals surface area contributed by atoms with Crippen LogP contribution < -0.4 is 5.32 Å². The first-order chi connectivity index (χ1) is 5.75. The van der Waals surface area contributed by atoms with E-state index >= 15 is 0 Å². The van der Waals surface area contributed by atoms with Crippen molar-refractivity contribution in [2.24, 2.45) is 0 Å². The molecule has 1 aliphatic heterocycles. The summed E-state index contributed by atoms with van der Waals surface area (Å²) in [5, 5.41) is 3.34. The fourth-order valence-corrected chi connectivity index (χ4v) is 1.64. The normalized spacial score (nSPS) is 22.0. The Morgan fingerprint density at radius 1 is 1.42 bits per heavy atom. The summed E-state index contributed by atoms with van der Waals surface area (Å²) in [6.45, 7) is 2.99. The summed E-state index contributed by atoms with van der Waals surface area (Å²) in [7, 11) is 0. The van der Waals surface area contributed by atoms with Crippen molar-refractivity contribution >= 4 is 0 Å². The molecule has 0 radical (unpaired) electrons. The van der Waals surface area contributed by atoms with Gasteiger partial charge in [-0.15, -0.1) is 0 Å². The van der Waals surface area contributed by atoms with Gasteiger partial charge in [-0.25, -0.2) is 4.39 Å². The van der Waals surface area contributed by atoms with Crippen LogP contribution in [-0.4, -0.2) is 6.04 Å². The van der Waals surface area contributed by atoms with Gasteiger partial charge in [0.1, 0.15) is 5.82 Å². The molecule has 0 saturated heterocycles. The van der Waals surface area contributed by atoms with Crippen molar-refractivity contribution in [1.29, 1.82) is 0 Å². The highest BCUT2D eigenvalue weighted by Crippen LogP contribution is 2.17. The molecule has 64 valence electrons. The van der Waals surface area contributed by atoms with Crippen LogP contribution in [0.3, 0.4) is 0 Å². The van der Waals surface area contributed by atoms with E-state index in [1.807, 2.05) is 6.07 Å².